The minimum atomic E-state index is -0.618. The molecule has 3 heterocycles. The Hall–Kier alpha value is -2.67. The van der Waals surface area contributed by atoms with Crippen LogP contribution in [0.1, 0.15) is 91.1 Å². The first-order chi connectivity index (χ1) is 16.5. The third kappa shape index (κ3) is 4.39. The lowest BCUT2D eigenvalue weighted by Crippen LogP contribution is -2.38. The average Bonchev–Trinajstić information content (AvgIpc) is 3.47. The molecule has 1 aromatic carbocycles. The summed E-state index contributed by atoms with van der Waals surface area (Å²) in [5.74, 6) is 2.90. The van der Waals surface area contributed by atoms with Crippen molar-refractivity contribution in [1.82, 2.24) is 20.0 Å². The van der Waals surface area contributed by atoms with Gasteiger partial charge in [-0.2, -0.15) is 5.10 Å². The summed E-state index contributed by atoms with van der Waals surface area (Å²) < 4.78 is 8.40. The number of hydrogen-bond donors (Lipinski definition) is 2. The number of hydrogen-bond acceptors (Lipinski definition) is 6. The van der Waals surface area contributed by atoms with E-state index in [0.29, 0.717) is 23.6 Å². The summed E-state index contributed by atoms with van der Waals surface area (Å²) in [6, 6.07) is 10.7. The molecule has 0 saturated heterocycles. The van der Waals surface area contributed by atoms with Gasteiger partial charge in [0.15, 0.2) is 0 Å². The van der Waals surface area contributed by atoms with E-state index in [9.17, 15) is 5.11 Å². The van der Waals surface area contributed by atoms with Crippen molar-refractivity contribution >= 4 is 5.82 Å². The Morgan fingerprint density at radius 2 is 1.66 bits per heavy atom. The standard InChI is InChI=1S/C28H39N5O2/c1-26(2)16-22(18-10-8-7-9-11-18)30-23-21(17-29-33(23)26)24-31-32-25(35-24)27(3,4)19-12-14-20(15-13-19)28(5,6)34/h7-11,17,19-20,22,30,34H,12-16H2,1-6H3. The van der Waals surface area contributed by atoms with Gasteiger partial charge in [-0.25, -0.2) is 4.68 Å². The zero-order valence-electron chi connectivity index (χ0n) is 21.9. The molecule has 2 aromatic heterocycles. The number of benzene rings is 1. The topological polar surface area (TPSA) is 89.0 Å². The van der Waals surface area contributed by atoms with Gasteiger partial charge in [-0.1, -0.05) is 44.2 Å². The molecule has 35 heavy (non-hydrogen) atoms. The number of nitrogens with zero attached hydrogens (tertiary/aromatic N) is 4. The molecule has 7 heteroatoms. The Kier molecular flexibility index (Phi) is 5.82. The van der Waals surface area contributed by atoms with Gasteiger partial charge in [-0.15, -0.1) is 10.2 Å². The molecule has 7 nitrogen and oxygen atoms in total. The van der Waals surface area contributed by atoms with E-state index in [1.165, 1.54) is 5.56 Å². The quantitative estimate of drug-likeness (QED) is 0.463. The van der Waals surface area contributed by atoms with E-state index in [1.807, 2.05) is 26.1 Å². The second-order valence-corrected chi connectivity index (χ2v) is 12.3. The van der Waals surface area contributed by atoms with E-state index < -0.39 is 5.60 Å². The van der Waals surface area contributed by atoms with Gasteiger partial charge in [0.1, 0.15) is 11.4 Å². The Labute approximate surface area is 208 Å². The van der Waals surface area contributed by atoms with Gasteiger partial charge in [-0.05, 0) is 77.2 Å². The number of aliphatic hydroxyl groups is 1. The second kappa shape index (κ2) is 8.47. The zero-order valence-corrected chi connectivity index (χ0v) is 21.9. The minimum absolute atomic E-state index is 0.152. The van der Waals surface area contributed by atoms with Gasteiger partial charge < -0.3 is 14.8 Å². The molecule has 1 aliphatic carbocycles. The van der Waals surface area contributed by atoms with Crippen molar-refractivity contribution in [2.45, 2.75) is 96.2 Å². The lowest BCUT2D eigenvalue weighted by atomic mass is 9.66. The Morgan fingerprint density at radius 1 is 1.00 bits per heavy atom. The highest BCUT2D eigenvalue weighted by atomic mass is 16.4. The molecule has 1 saturated carbocycles. The van der Waals surface area contributed by atoms with E-state index >= 15 is 0 Å². The Balaban J connectivity index is 1.40. The van der Waals surface area contributed by atoms with Crippen LogP contribution >= 0.6 is 0 Å². The number of fused-ring (bicyclic) bond motifs is 1. The van der Waals surface area contributed by atoms with Crippen LogP contribution in [0.2, 0.25) is 0 Å². The van der Waals surface area contributed by atoms with Gasteiger partial charge in [0.25, 0.3) is 5.89 Å². The van der Waals surface area contributed by atoms with Crippen molar-refractivity contribution < 1.29 is 9.52 Å². The highest BCUT2D eigenvalue weighted by Crippen LogP contribution is 2.46. The molecule has 3 aromatic rings. The smallest absolute Gasteiger partial charge is 0.253 e. The molecule has 1 atom stereocenters. The predicted molar refractivity (Wildman–Crippen MR) is 137 cm³/mol. The van der Waals surface area contributed by atoms with Gasteiger partial charge in [0.2, 0.25) is 5.89 Å². The molecular weight excluding hydrogens is 438 g/mol. The largest absolute Gasteiger partial charge is 0.420 e. The van der Waals surface area contributed by atoms with Crippen LogP contribution in [-0.2, 0) is 11.0 Å². The lowest BCUT2D eigenvalue weighted by molar-refractivity contribution is -0.0122. The summed E-state index contributed by atoms with van der Waals surface area (Å²) >= 11 is 0. The highest BCUT2D eigenvalue weighted by molar-refractivity contribution is 5.70. The molecule has 5 rings (SSSR count). The predicted octanol–water partition coefficient (Wildman–Crippen LogP) is 6.08. The number of aromatic nitrogens is 4. The normalized spacial score (nSPS) is 24.6. The fourth-order valence-corrected chi connectivity index (χ4v) is 6.08. The maximum absolute atomic E-state index is 10.4. The summed E-state index contributed by atoms with van der Waals surface area (Å²) in [7, 11) is 0. The van der Waals surface area contributed by atoms with Crippen molar-refractivity contribution in [3.8, 4) is 11.5 Å². The molecule has 1 unspecified atom stereocenters. The monoisotopic (exact) mass is 477 g/mol. The fraction of sp³-hybridized carbons (Fsp3) is 0.607. The Morgan fingerprint density at radius 3 is 2.31 bits per heavy atom. The molecule has 0 amide bonds. The summed E-state index contributed by atoms with van der Waals surface area (Å²) in [5, 5.41) is 27.8. The molecule has 0 radical (unpaired) electrons. The lowest BCUT2D eigenvalue weighted by Gasteiger charge is -2.40. The molecule has 188 valence electrons. The maximum Gasteiger partial charge on any atom is 0.253 e. The van der Waals surface area contributed by atoms with Crippen LogP contribution < -0.4 is 5.32 Å². The van der Waals surface area contributed by atoms with Gasteiger partial charge in [-0.3, -0.25) is 0 Å². The van der Waals surface area contributed by atoms with Crippen LogP contribution in [-0.4, -0.2) is 30.7 Å². The third-order valence-corrected chi connectivity index (χ3v) is 8.51. The van der Waals surface area contributed by atoms with Crippen molar-refractivity contribution in [2.24, 2.45) is 11.8 Å². The van der Waals surface area contributed by atoms with Crippen LogP contribution in [0.4, 0.5) is 5.82 Å². The molecule has 0 bridgehead atoms. The van der Waals surface area contributed by atoms with Crippen LogP contribution in [0.5, 0.6) is 0 Å². The molecule has 1 aliphatic heterocycles. The minimum Gasteiger partial charge on any atom is -0.420 e. The van der Waals surface area contributed by atoms with E-state index in [0.717, 1.165) is 43.5 Å². The summed E-state index contributed by atoms with van der Waals surface area (Å²) in [4.78, 5) is 0. The van der Waals surface area contributed by atoms with Gasteiger partial charge in [0, 0.05) is 5.41 Å². The zero-order chi connectivity index (χ0) is 25.0. The first-order valence-electron chi connectivity index (χ1n) is 12.9. The summed E-state index contributed by atoms with van der Waals surface area (Å²) in [6.45, 7) is 12.7. The van der Waals surface area contributed by atoms with E-state index in [-0.39, 0.29) is 17.0 Å². The van der Waals surface area contributed by atoms with Crippen molar-refractivity contribution in [1.29, 1.82) is 0 Å². The van der Waals surface area contributed by atoms with Gasteiger partial charge in [0.05, 0.1) is 23.4 Å². The molecular formula is C28H39N5O2. The SMILES string of the molecule is CC(C)(O)C1CCC(C(C)(C)c2nnc(-c3cnn4c3NC(c3ccccc3)CC4(C)C)o2)CC1. The first-order valence-corrected chi connectivity index (χ1v) is 12.9. The van der Waals surface area contributed by atoms with E-state index in [4.69, 9.17) is 9.52 Å². The molecule has 0 spiro atoms. The number of rotatable bonds is 5. The molecule has 1 fully saturated rings. The van der Waals surface area contributed by atoms with Crippen LogP contribution in [0.15, 0.2) is 40.9 Å². The maximum atomic E-state index is 10.4. The second-order valence-electron chi connectivity index (χ2n) is 12.3. The molecule has 2 aliphatic rings. The van der Waals surface area contributed by atoms with Crippen molar-refractivity contribution in [2.75, 3.05) is 5.32 Å². The van der Waals surface area contributed by atoms with Crippen LogP contribution in [0.25, 0.3) is 11.5 Å². The van der Waals surface area contributed by atoms with E-state index in [2.05, 4.69) is 72.2 Å². The van der Waals surface area contributed by atoms with Crippen LogP contribution in [0, 0.1) is 11.8 Å². The number of nitrogens with one attached hydrogen (secondary N) is 1. The molecule has 2 N–H and O–H groups in total. The van der Waals surface area contributed by atoms with Crippen molar-refractivity contribution in [3.05, 3.63) is 48.0 Å². The van der Waals surface area contributed by atoms with E-state index in [1.54, 1.807) is 0 Å². The first kappa shape index (κ1) is 24.0. The highest BCUT2D eigenvalue weighted by Gasteiger charge is 2.42. The fourth-order valence-electron chi connectivity index (χ4n) is 6.08. The van der Waals surface area contributed by atoms with Gasteiger partial charge >= 0.3 is 0 Å². The summed E-state index contributed by atoms with van der Waals surface area (Å²) in [5.41, 5.74) is 1.10. The average molecular weight is 478 g/mol. The Bertz CT molecular complexity index is 1160. The van der Waals surface area contributed by atoms with Crippen molar-refractivity contribution in [3.63, 3.8) is 0 Å². The van der Waals surface area contributed by atoms with Crippen LogP contribution in [0.3, 0.4) is 0 Å². The summed E-state index contributed by atoms with van der Waals surface area (Å²) in [6.07, 6.45) is 6.93. The number of anilines is 1. The third-order valence-electron chi connectivity index (χ3n) is 8.51.